The highest BCUT2D eigenvalue weighted by atomic mass is 35.5. The zero-order chi connectivity index (χ0) is 12.8. The number of carbonyl (C=O) groups is 1. The third-order valence-electron chi connectivity index (χ3n) is 2.53. The molecule has 3 nitrogen and oxygen atoms in total. The van der Waals surface area contributed by atoms with Crippen LogP contribution in [0.2, 0.25) is 0 Å². The maximum absolute atomic E-state index is 13.3. The molecule has 0 aliphatic heterocycles. The molecule has 5 heteroatoms. The summed E-state index contributed by atoms with van der Waals surface area (Å²) in [6.07, 6.45) is 0.969. The maximum atomic E-state index is 13.3. The van der Waals surface area contributed by atoms with E-state index >= 15 is 0 Å². The molecule has 0 aliphatic rings. The number of hydrogen-bond donors (Lipinski definition) is 2. The van der Waals surface area contributed by atoms with Gasteiger partial charge in [-0.25, -0.2) is 4.39 Å². The molecule has 1 rings (SSSR count). The number of anilines is 1. The lowest BCUT2D eigenvalue weighted by atomic mass is 10.2. The molecule has 0 saturated heterocycles. The van der Waals surface area contributed by atoms with Gasteiger partial charge in [-0.2, -0.15) is 0 Å². The van der Waals surface area contributed by atoms with Crippen molar-refractivity contribution in [2.75, 3.05) is 11.9 Å². The van der Waals surface area contributed by atoms with Crippen molar-refractivity contribution in [1.29, 1.82) is 0 Å². The second kappa shape index (κ2) is 8.06. The molecule has 1 amide bonds. The summed E-state index contributed by atoms with van der Waals surface area (Å²) in [4.78, 5) is 11.7. The molecule has 1 unspecified atom stereocenters. The second-order valence-electron chi connectivity index (χ2n) is 4.13. The van der Waals surface area contributed by atoms with Gasteiger partial charge in [-0.3, -0.25) is 4.79 Å². The Morgan fingerprint density at radius 3 is 2.67 bits per heavy atom. The smallest absolute Gasteiger partial charge is 0.241 e. The monoisotopic (exact) mass is 274 g/mol. The summed E-state index contributed by atoms with van der Waals surface area (Å²) in [6.45, 7) is 6.30. The van der Waals surface area contributed by atoms with Crippen LogP contribution in [0.3, 0.4) is 0 Å². The van der Waals surface area contributed by atoms with Crippen molar-refractivity contribution in [3.63, 3.8) is 0 Å². The van der Waals surface area contributed by atoms with E-state index < -0.39 is 0 Å². The van der Waals surface area contributed by atoms with E-state index in [0.29, 0.717) is 11.3 Å². The highest BCUT2D eigenvalue weighted by Crippen LogP contribution is 2.13. The fraction of sp³-hybridized carbons (Fsp3) is 0.462. The summed E-state index contributed by atoms with van der Waals surface area (Å²) in [5.41, 5.74) is 1.06. The van der Waals surface area contributed by atoms with Gasteiger partial charge < -0.3 is 10.6 Å². The van der Waals surface area contributed by atoms with Crippen LogP contribution in [0.15, 0.2) is 18.2 Å². The molecule has 0 fully saturated rings. The highest BCUT2D eigenvalue weighted by molar-refractivity contribution is 5.94. The predicted octanol–water partition coefficient (Wildman–Crippen LogP) is 2.88. The number of carbonyl (C=O) groups excluding carboxylic acids is 1. The van der Waals surface area contributed by atoms with Crippen molar-refractivity contribution >= 4 is 24.0 Å². The summed E-state index contributed by atoms with van der Waals surface area (Å²) in [7, 11) is 0. The van der Waals surface area contributed by atoms with Gasteiger partial charge in [-0.1, -0.05) is 13.0 Å². The first-order valence-corrected chi connectivity index (χ1v) is 5.85. The minimum Gasteiger partial charge on any atom is -0.325 e. The number of nitrogens with one attached hydrogen (secondary N) is 2. The topological polar surface area (TPSA) is 41.1 Å². The SMILES string of the molecule is CCCNC(C)C(=O)Nc1ccc(C)c(F)c1.Cl. The first-order valence-electron chi connectivity index (χ1n) is 5.85. The van der Waals surface area contributed by atoms with Crippen molar-refractivity contribution in [3.05, 3.63) is 29.6 Å². The number of amides is 1. The normalized spacial score (nSPS) is 11.6. The minimum atomic E-state index is -0.308. The fourth-order valence-electron chi connectivity index (χ4n) is 1.37. The quantitative estimate of drug-likeness (QED) is 0.867. The van der Waals surface area contributed by atoms with Crippen LogP contribution in [0.1, 0.15) is 25.8 Å². The number of rotatable bonds is 5. The van der Waals surface area contributed by atoms with E-state index in [1.165, 1.54) is 6.07 Å². The van der Waals surface area contributed by atoms with Gasteiger partial charge in [0.15, 0.2) is 0 Å². The van der Waals surface area contributed by atoms with Gasteiger partial charge in [0.2, 0.25) is 5.91 Å². The molecule has 2 N–H and O–H groups in total. The summed E-state index contributed by atoms with van der Waals surface area (Å²) in [6, 6.07) is 4.40. The Balaban J connectivity index is 0.00000289. The lowest BCUT2D eigenvalue weighted by Gasteiger charge is -2.13. The van der Waals surface area contributed by atoms with Crippen molar-refractivity contribution in [2.24, 2.45) is 0 Å². The number of aryl methyl sites for hydroxylation is 1. The molecule has 0 heterocycles. The molecule has 1 atom stereocenters. The van der Waals surface area contributed by atoms with Crippen LogP contribution in [0.25, 0.3) is 0 Å². The van der Waals surface area contributed by atoms with Gasteiger partial charge in [0, 0.05) is 5.69 Å². The van der Waals surface area contributed by atoms with Crippen LogP contribution in [0, 0.1) is 12.7 Å². The van der Waals surface area contributed by atoms with Gasteiger partial charge in [0.25, 0.3) is 0 Å². The Morgan fingerprint density at radius 2 is 2.11 bits per heavy atom. The zero-order valence-corrected chi connectivity index (χ0v) is 11.7. The number of halogens is 2. The van der Waals surface area contributed by atoms with E-state index in [-0.39, 0.29) is 30.2 Å². The molecule has 0 aliphatic carbocycles. The summed E-state index contributed by atoms with van der Waals surface area (Å²) in [5, 5.41) is 5.75. The van der Waals surface area contributed by atoms with Crippen molar-refractivity contribution in [2.45, 2.75) is 33.2 Å². The van der Waals surface area contributed by atoms with Gasteiger partial charge in [-0.15, -0.1) is 12.4 Å². The molecule has 0 aromatic heterocycles. The average Bonchev–Trinajstić information content (AvgIpc) is 2.30. The van der Waals surface area contributed by atoms with Crippen molar-refractivity contribution in [1.82, 2.24) is 5.32 Å². The van der Waals surface area contributed by atoms with E-state index in [1.54, 1.807) is 26.0 Å². The molecule has 0 saturated carbocycles. The molecule has 0 bridgehead atoms. The first-order chi connectivity index (χ1) is 8.04. The van der Waals surface area contributed by atoms with Gasteiger partial charge in [0.1, 0.15) is 5.82 Å². The molecule has 102 valence electrons. The second-order valence-corrected chi connectivity index (χ2v) is 4.13. The molecule has 18 heavy (non-hydrogen) atoms. The summed E-state index contributed by atoms with van der Waals surface area (Å²) >= 11 is 0. The predicted molar refractivity (Wildman–Crippen MR) is 74.8 cm³/mol. The molecular formula is C13H20ClFN2O. The Kier molecular flexibility index (Phi) is 7.55. The zero-order valence-electron chi connectivity index (χ0n) is 10.9. The van der Waals surface area contributed by atoms with Crippen LogP contribution in [-0.2, 0) is 4.79 Å². The largest absolute Gasteiger partial charge is 0.325 e. The summed E-state index contributed by atoms with van der Waals surface area (Å²) in [5.74, 6) is -0.460. The van der Waals surface area contributed by atoms with Crippen LogP contribution in [-0.4, -0.2) is 18.5 Å². The van der Waals surface area contributed by atoms with E-state index in [9.17, 15) is 9.18 Å². The van der Waals surface area contributed by atoms with Gasteiger partial charge >= 0.3 is 0 Å². The highest BCUT2D eigenvalue weighted by Gasteiger charge is 2.12. The van der Waals surface area contributed by atoms with Crippen molar-refractivity contribution in [3.8, 4) is 0 Å². The van der Waals surface area contributed by atoms with Crippen LogP contribution in [0.4, 0.5) is 10.1 Å². The fourth-order valence-corrected chi connectivity index (χ4v) is 1.37. The standard InChI is InChI=1S/C13H19FN2O.ClH/c1-4-7-15-10(3)13(17)16-11-6-5-9(2)12(14)8-11;/h5-6,8,10,15H,4,7H2,1-3H3,(H,16,17);1H. The Hall–Kier alpha value is -1.13. The van der Waals surface area contributed by atoms with E-state index in [4.69, 9.17) is 0 Å². The first kappa shape index (κ1) is 16.9. The van der Waals surface area contributed by atoms with Gasteiger partial charge in [-0.05, 0) is 44.5 Å². The van der Waals surface area contributed by atoms with Crippen LogP contribution >= 0.6 is 12.4 Å². The minimum absolute atomic E-state index is 0. The van der Waals surface area contributed by atoms with Crippen LogP contribution < -0.4 is 10.6 Å². The third-order valence-corrected chi connectivity index (χ3v) is 2.53. The lowest BCUT2D eigenvalue weighted by Crippen LogP contribution is -2.38. The number of hydrogen-bond acceptors (Lipinski definition) is 2. The average molecular weight is 275 g/mol. The van der Waals surface area contributed by atoms with Gasteiger partial charge in [0.05, 0.1) is 6.04 Å². The van der Waals surface area contributed by atoms with Crippen LogP contribution in [0.5, 0.6) is 0 Å². The molecule has 1 aromatic rings. The van der Waals surface area contributed by atoms with E-state index in [1.807, 2.05) is 6.92 Å². The summed E-state index contributed by atoms with van der Waals surface area (Å²) < 4.78 is 13.3. The Bertz CT molecular complexity index is 399. The third kappa shape index (κ3) is 5.02. The van der Waals surface area contributed by atoms with E-state index in [0.717, 1.165) is 13.0 Å². The van der Waals surface area contributed by atoms with Crippen molar-refractivity contribution < 1.29 is 9.18 Å². The Labute approximate surface area is 114 Å². The van der Waals surface area contributed by atoms with E-state index in [2.05, 4.69) is 10.6 Å². The molecule has 1 aromatic carbocycles. The maximum Gasteiger partial charge on any atom is 0.241 e. The lowest BCUT2D eigenvalue weighted by molar-refractivity contribution is -0.117. The Morgan fingerprint density at radius 1 is 1.44 bits per heavy atom. The molecule has 0 radical (unpaired) electrons. The molecular weight excluding hydrogens is 255 g/mol. The molecule has 0 spiro atoms. The number of benzene rings is 1.